The van der Waals surface area contributed by atoms with Crippen molar-refractivity contribution in [2.75, 3.05) is 6.61 Å². The molecule has 0 aliphatic heterocycles. The van der Waals surface area contributed by atoms with Crippen LogP contribution in [0.1, 0.15) is 6.92 Å². The molecule has 0 bridgehead atoms. The monoisotopic (exact) mass is 309 g/mol. The van der Waals surface area contributed by atoms with Crippen molar-refractivity contribution in [3.05, 3.63) is 24.9 Å². The first-order valence-corrected chi connectivity index (χ1v) is 6.12. The molecule has 104 valence electrons. The third kappa shape index (κ3) is 11.9. The zero-order chi connectivity index (χ0) is 15.3. The molecule has 0 aliphatic rings. The zero-order valence-electron chi connectivity index (χ0n) is 10.0. The van der Waals surface area contributed by atoms with Crippen molar-refractivity contribution in [2.45, 2.75) is 6.92 Å². The van der Waals surface area contributed by atoms with Gasteiger partial charge >= 0.3 is 47.3 Å². The van der Waals surface area contributed by atoms with E-state index in [9.17, 15) is 24.0 Å². The van der Waals surface area contributed by atoms with E-state index in [1.165, 1.54) is 27.4 Å². The Hall–Kier alpha value is -2.32. The number of rotatable bonds is 4. The summed E-state index contributed by atoms with van der Waals surface area (Å²) in [7, 11) is 0. The van der Waals surface area contributed by atoms with Crippen molar-refractivity contribution in [1.29, 1.82) is 0 Å². The summed E-state index contributed by atoms with van der Waals surface area (Å²) in [5.74, 6) is -0.999. The van der Waals surface area contributed by atoms with Crippen LogP contribution in [0.25, 0.3) is 0 Å². The summed E-state index contributed by atoms with van der Waals surface area (Å²) in [5.41, 5.74) is -0.0654. The average molecular weight is 309 g/mol. The topological polar surface area (TPSA) is 107 Å². The van der Waals surface area contributed by atoms with Gasteiger partial charge < -0.3 is 10.1 Å². The Labute approximate surface area is 112 Å². The molecule has 0 fully saturated rings. The second kappa shape index (κ2) is 12.1. The standard InChI is InChI=1S/C8H11NO3.3CO.Fe/c1-4-5-12-8(11)6(2)9-7(3)10;3*1-2;/h4H,1-2,5H2,3H3,(H,9,10);;;;. The molecular formula is C11H11FeNO6. The van der Waals surface area contributed by atoms with E-state index in [-0.39, 0.29) is 18.2 Å². The van der Waals surface area contributed by atoms with Crippen LogP contribution >= 0.6 is 0 Å². The van der Waals surface area contributed by atoms with Crippen LogP contribution in [0.2, 0.25) is 0 Å². The van der Waals surface area contributed by atoms with Crippen LogP contribution in [0.15, 0.2) is 24.9 Å². The second-order valence-corrected chi connectivity index (χ2v) is 4.03. The van der Waals surface area contributed by atoms with E-state index < -0.39 is 18.6 Å². The summed E-state index contributed by atoms with van der Waals surface area (Å²) >= 11 is -2.12. The molecule has 0 spiro atoms. The molecule has 0 radical (unpaired) electrons. The van der Waals surface area contributed by atoms with E-state index >= 15 is 0 Å². The Morgan fingerprint density at radius 1 is 1.26 bits per heavy atom. The van der Waals surface area contributed by atoms with E-state index in [0.29, 0.717) is 0 Å². The molecule has 0 aromatic heterocycles. The molecule has 7 nitrogen and oxygen atoms in total. The number of hydrogen-bond donors (Lipinski definition) is 1. The summed E-state index contributed by atoms with van der Waals surface area (Å²) in [6, 6.07) is 0. The Morgan fingerprint density at radius 2 is 1.74 bits per heavy atom. The Kier molecular flexibility index (Phi) is 12.2. The number of carbonyl (C=O) groups excluding carboxylic acids is 5. The van der Waals surface area contributed by atoms with Crippen molar-refractivity contribution < 1.29 is 41.3 Å². The van der Waals surface area contributed by atoms with Gasteiger partial charge in [-0.25, -0.2) is 4.79 Å². The number of esters is 1. The number of amides is 1. The van der Waals surface area contributed by atoms with Gasteiger partial charge in [0.05, 0.1) is 0 Å². The number of carbonyl (C=O) groups is 2. The molecule has 19 heavy (non-hydrogen) atoms. The fourth-order valence-electron chi connectivity index (χ4n) is 0.529. The fraction of sp³-hybridized carbons (Fsp3) is 0.182. The predicted molar refractivity (Wildman–Crippen MR) is 61.2 cm³/mol. The van der Waals surface area contributed by atoms with Gasteiger partial charge in [-0.05, 0) is 0 Å². The first-order chi connectivity index (χ1) is 8.92. The molecule has 0 saturated heterocycles. The quantitative estimate of drug-likeness (QED) is 0.314. The Balaban J connectivity index is 0. The van der Waals surface area contributed by atoms with Crippen molar-refractivity contribution in [1.82, 2.24) is 5.32 Å². The molecule has 0 rings (SSSR count). The third-order valence-corrected chi connectivity index (χ3v) is 1.80. The molecule has 0 aromatic rings. The van der Waals surface area contributed by atoms with Crippen LogP contribution < -0.4 is 5.32 Å². The number of ether oxygens (including phenoxy) is 1. The van der Waals surface area contributed by atoms with Gasteiger partial charge in [0, 0.05) is 6.92 Å². The maximum absolute atomic E-state index is 10.9. The SMILES string of the molecule is C=CCOC(=O)C(=C)NC(C)=O.O=[C]=[Fe](=[C]=O)=[C]=O. The van der Waals surface area contributed by atoms with Gasteiger partial charge in [0.15, 0.2) is 0 Å². The Bertz CT molecular complexity index is 539. The predicted octanol–water partition coefficient (Wildman–Crippen LogP) is -0.828. The minimum atomic E-state index is -2.12. The third-order valence-electron chi connectivity index (χ3n) is 1.12. The van der Waals surface area contributed by atoms with Gasteiger partial charge in [-0.15, -0.1) is 0 Å². The molecular weight excluding hydrogens is 298 g/mol. The number of hydrogen-bond acceptors (Lipinski definition) is 6. The molecule has 1 amide bonds. The molecule has 0 aliphatic carbocycles. The summed E-state index contributed by atoms with van der Waals surface area (Å²) in [6.07, 6.45) is 1.43. The van der Waals surface area contributed by atoms with Gasteiger partial charge in [0.2, 0.25) is 5.91 Å². The minimum absolute atomic E-state index is 0.0654. The van der Waals surface area contributed by atoms with Gasteiger partial charge in [0.1, 0.15) is 12.3 Å². The van der Waals surface area contributed by atoms with Gasteiger partial charge in [-0.3, -0.25) is 4.79 Å². The van der Waals surface area contributed by atoms with Crippen LogP contribution in [0.4, 0.5) is 0 Å². The molecule has 0 saturated carbocycles. The van der Waals surface area contributed by atoms with E-state index in [1.54, 1.807) is 0 Å². The van der Waals surface area contributed by atoms with Crippen LogP contribution in [0, 0.1) is 0 Å². The van der Waals surface area contributed by atoms with Crippen molar-refractivity contribution in [3.63, 3.8) is 0 Å². The summed E-state index contributed by atoms with van der Waals surface area (Å²) in [6.45, 7) is 8.06. The molecule has 1 N–H and O–H groups in total. The average Bonchev–Trinajstić information content (AvgIpc) is 2.38. The van der Waals surface area contributed by atoms with Gasteiger partial charge in [-0.1, -0.05) is 19.2 Å². The van der Waals surface area contributed by atoms with E-state index in [1.807, 2.05) is 0 Å². The number of nitrogens with one attached hydrogen (secondary N) is 1. The Morgan fingerprint density at radius 3 is 2.00 bits per heavy atom. The van der Waals surface area contributed by atoms with Gasteiger partial charge in [-0.2, -0.15) is 0 Å². The summed E-state index contributed by atoms with van der Waals surface area (Å²) in [5, 5.41) is 2.21. The van der Waals surface area contributed by atoms with Crippen molar-refractivity contribution >= 4 is 26.2 Å². The molecule has 0 atom stereocenters. The maximum atomic E-state index is 10.9. The van der Waals surface area contributed by atoms with Crippen LogP contribution in [-0.4, -0.2) is 32.8 Å². The fourth-order valence-corrected chi connectivity index (χ4v) is 0.667. The first-order valence-electron chi connectivity index (χ1n) is 4.46. The van der Waals surface area contributed by atoms with Crippen LogP contribution in [0.5, 0.6) is 0 Å². The first kappa shape index (κ1) is 19.0. The molecule has 0 heterocycles. The van der Waals surface area contributed by atoms with Crippen molar-refractivity contribution in [2.24, 2.45) is 0 Å². The van der Waals surface area contributed by atoms with E-state index in [4.69, 9.17) is 0 Å². The van der Waals surface area contributed by atoms with Crippen LogP contribution in [-0.2, 0) is 41.3 Å². The summed E-state index contributed by atoms with van der Waals surface area (Å²) < 4.78 is 4.58. The van der Waals surface area contributed by atoms with Crippen molar-refractivity contribution in [3.8, 4) is 0 Å². The molecule has 0 aromatic carbocycles. The second-order valence-electron chi connectivity index (χ2n) is 2.53. The normalized spacial score (nSPS) is 7.68. The van der Waals surface area contributed by atoms with Crippen LogP contribution in [0.3, 0.4) is 0 Å². The zero-order valence-corrected chi connectivity index (χ0v) is 11.1. The summed E-state index contributed by atoms with van der Waals surface area (Å²) in [4.78, 5) is 52.9. The van der Waals surface area contributed by atoms with E-state index in [2.05, 4.69) is 23.2 Å². The molecule has 8 heteroatoms. The van der Waals surface area contributed by atoms with E-state index in [0.717, 1.165) is 0 Å². The molecule has 0 unspecified atom stereocenters. The van der Waals surface area contributed by atoms with Gasteiger partial charge in [0.25, 0.3) is 0 Å².